The number of pyridine rings is 1. The van der Waals surface area contributed by atoms with Gasteiger partial charge in [0.15, 0.2) is 6.20 Å². The first-order valence-electron chi connectivity index (χ1n) is 4.17. The van der Waals surface area contributed by atoms with Gasteiger partial charge < -0.3 is 5.11 Å². The van der Waals surface area contributed by atoms with Crippen LogP contribution in [0.4, 0.5) is 0 Å². The second kappa shape index (κ2) is 2.47. The zero-order valence-electron chi connectivity index (χ0n) is 8.11. The van der Waals surface area contributed by atoms with Gasteiger partial charge in [-0.2, -0.15) is 4.57 Å². The van der Waals surface area contributed by atoms with Crippen LogP contribution in [0.5, 0.6) is 0 Å². The molecule has 1 aromatic heterocycles. The lowest BCUT2D eigenvalue weighted by molar-refractivity contribution is -0.674. The molecular weight excluding hydrogens is 133 g/mol. The van der Waals surface area contributed by atoms with Gasteiger partial charge in [-0.25, -0.2) is 4.79 Å². The highest BCUT2D eigenvalue weighted by Gasteiger charge is 2.11. The standard InChI is InChI=1S/C7H7NO2/c1-8-5-3-2-4-6(8)7(9)10/h2-5H,1H3/p+1/i1+1D3,7+1,8+1. The van der Waals surface area contributed by atoms with Crippen LogP contribution in [0.3, 0.4) is 0 Å². The molecule has 1 rings (SSSR count). The molecule has 0 bridgehead atoms. The molecule has 0 aliphatic rings. The predicted octanol–water partition coefficient (Wildman–Crippen LogP) is 0.209. The monoisotopic (exact) mass is 144 g/mol. The van der Waals surface area contributed by atoms with E-state index < -0.39 is 12.9 Å². The van der Waals surface area contributed by atoms with Gasteiger partial charge in [-0.1, -0.05) is 0 Å². The summed E-state index contributed by atoms with van der Waals surface area (Å²) in [6.45, 7) is -2.45. The van der Waals surface area contributed by atoms with Gasteiger partial charge in [0.1, 0.15) is 11.1 Å². The Balaban J connectivity index is 3.28. The van der Waals surface area contributed by atoms with Gasteiger partial charge >= 0.3 is 5.97 Å². The quantitative estimate of drug-likeness (QED) is 0.452. The molecule has 0 saturated heterocycles. The molecule has 0 spiro atoms. The highest BCUT2D eigenvalue weighted by molar-refractivity contribution is 5.83. The molecular formula is C7H8NO2+. The van der Waals surface area contributed by atoms with Crippen molar-refractivity contribution in [2.75, 3.05) is 0 Å². The maximum atomic E-state index is 10.6. The summed E-state index contributed by atoms with van der Waals surface area (Å²) in [6, 6.07) is 4.19. The molecule has 3 nitrogen and oxygen atoms in total. The largest absolute Gasteiger partial charge is 0.473 e. The van der Waals surface area contributed by atoms with Crippen molar-refractivity contribution in [1.82, 2.24) is 0 Å². The van der Waals surface area contributed by atoms with E-state index in [-0.39, 0.29) is 5.69 Å². The molecule has 0 radical (unpaired) electrons. The summed E-state index contributed by atoms with van der Waals surface area (Å²) in [5, 5.41) is 8.66. The number of nitrogens with zero attached hydrogens (tertiary/aromatic N) is 1. The smallest absolute Gasteiger partial charge is 0.401 e. The van der Waals surface area contributed by atoms with E-state index in [1.54, 1.807) is 0 Å². The van der Waals surface area contributed by atoms with Crippen molar-refractivity contribution >= 4 is 5.97 Å². The minimum atomic E-state index is -2.45. The van der Waals surface area contributed by atoms with E-state index in [4.69, 9.17) is 9.22 Å². The van der Waals surface area contributed by atoms with Crippen LogP contribution in [0.15, 0.2) is 24.4 Å². The zero-order valence-corrected chi connectivity index (χ0v) is 5.11. The van der Waals surface area contributed by atoms with Gasteiger partial charge in [0.05, 0.1) is 0 Å². The Labute approximate surface area is 62.8 Å². The van der Waals surface area contributed by atoms with Gasteiger partial charge in [0, 0.05) is 12.1 Å². The van der Waals surface area contributed by atoms with Gasteiger partial charge in [0.2, 0.25) is 0 Å². The van der Waals surface area contributed by atoms with Crippen LogP contribution < -0.4 is 4.57 Å². The number of rotatable bonds is 1. The molecule has 0 aliphatic heterocycles. The van der Waals surface area contributed by atoms with Gasteiger partial charge in [0.25, 0.3) is 5.69 Å². The third-order valence-corrected chi connectivity index (χ3v) is 1.08. The number of carboxylic acid groups (broad SMARTS) is 1. The second-order valence-electron chi connectivity index (χ2n) is 1.76. The fourth-order valence-electron chi connectivity index (χ4n) is 0.617. The van der Waals surface area contributed by atoms with Crippen LogP contribution in [0.1, 0.15) is 14.6 Å². The van der Waals surface area contributed by atoms with Crippen molar-refractivity contribution in [2.24, 2.45) is 6.98 Å². The number of aryl methyl sites for hydroxylation is 1. The van der Waals surface area contributed by atoms with Crippen LogP contribution >= 0.6 is 0 Å². The topological polar surface area (TPSA) is 41.2 Å². The summed E-state index contributed by atoms with van der Waals surface area (Å²) in [4.78, 5) is 10.6. The molecule has 0 amide bonds. The predicted molar refractivity (Wildman–Crippen MR) is 34.6 cm³/mol. The van der Waals surface area contributed by atoms with Gasteiger partial charge in [-0.15, -0.1) is 0 Å². The Kier molecular flexibility index (Phi) is 0.917. The van der Waals surface area contributed by atoms with E-state index in [0.29, 0.717) is 0 Å². The number of carbonyl (C=O) groups is 1. The molecule has 0 aliphatic carbocycles. The van der Waals surface area contributed by atoms with Crippen molar-refractivity contribution in [3.05, 3.63) is 30.1 Å². The summed E-state index contributed by atoms with van der Waals surface area (Å²) in [6.07, 6.45) is 1.22. The molecule has 10 heavy (non-hydrogen) atoms. The average Bonchev–Trinajstić information content (AvgIpc) is 2.03. The maximum absolute atomic E-state index is 10.6. The Morgan fingerprint density at radius 2 is 2.60 bits per heavy atom. The Morgan fingerprint density at radius 3 is 3.10 bits per heavy atom. The van der Waals surface area contributed by atoms with Crippen molar-refractivity contribution < 1.29 is 18.6 Å². The highest BCUT2D eigenvalue weighted by atomic mass is 16.5. The van der Waals surface area contributed by atoms with E-state index in [1.165, 1.54) is 24.4 Å². The first-order chi connectivity index (χ1) is 5.93. The number of carboxylic acids is 1. The van der Waals surface area contributed by atoms with E-state index in [0.717, 1.165) is 4.57 Å². The van der Waals surface area contributed by atoms with Crippen LogP contribution in [-0.4, -0.2) is 11.1 Å². The molecule has 1 heterocycles. The third-order valence-electron chi connectivity index (χ3n) is 1.08. The summed E-state index contributed by atoms with van der Waals surface area (Å²) in [5.41, 5.74) is -0.248. The SMILES string of the molecule is [2H][13C]([2H])([2H])[15n+]1ccccc1[13C](=O)O. The van der Waals surface area contributed by atoms with Crippen LogP contribution in [-0.2, 0) is 6.98 Å². The van der Waals surface area contributed by atoms with Crippen molar-refractivity contribution in [1.29, 1.82) is 0 Å². The minimum Gasteiger partial charge on any atom is -0.473 e. The van der Waals surface area contributed by atoms with E-state index in [9.17, 15) is 4.79 Å². The number of hydrogen-bond donors (Lipinski definition) is 1. The number of aromatic nitrogens is 1. The normalized spacial score (nSPS) is 15.0. The van der Waals surface area contributed by atoms with Gasteiger partial charge in [-0.05, 0) is 6.07 Å². The molecule has 0 aromatic carbocycles. The molecule has 0 saturated carbocycles. The molecule has 3 heteroatoms. The first-order valence-corrected chi connectivity index (χ1v) is 2.67. The molecule has 0 atom stereocenters. The van der Waals surface area contributed by atoms with Crippen molar-refractivity contribution in [3.8, 4) is 0 Å². The van der Waals surface area contributed by atoms with Crippen molar-refractivity contribution in [3.63, 3.8) is 0 Å². The molecule has 1 N–H and O–H groups in total. The lowest BCUT2D eigenvalue weighted by Crippen LogP contribution is -2.35. The number of aromatic carboxylic acids is 1. The number of hydrogen-bond acceptors (Lipinski definition) is 1. The van der Waals surface area contributed by atoms with E-state index in [1.807, 2.05) is 0 Å². The van der Waals surface area contributed by atoms with Crippen LogP contribution in [0.25, 0.3) is 0 Å². The van der Waals surface area contributed by atoms with Crippen molar-refractivity contribution in [2.45, 2.75) is 0 Å². The Morgan fingerprint density at radius 1 is 1.80 bits per heavy atom. The molecule has 52 valence electrons. The van der Waals surface area contributed by atoms with E-state index in [2.05, 4.69) is 0 Å². The fraction of sp³-hybridized carbons (Fsp3) is 0.143. The lowest BCUT2D eigenvalue weighted by Gasteiger charge is -1.90. The summed E-state index contributed by atoms with van der Waals surface area (Å²) in [5.74, 6) is -1.25. The first kappa shape index (κ1) is 3.71. The lowest BCUT2D eigenvalue weighted by atomic mass is 10.5. The molecule has 0 fully saturated rings. The van der Waals surface area contributed by atoms with Crippen LogP contribution in [0.2, 0.25) is 0 Å². The zero-order chi connectivity index (χ0) is 10.1. The van der Waals surface area contributed by atoms with Gasteiger partial charge in [-0.3, -0.25) is 0 Å². The van der Waals surface area contributed by atoms with E-state index >= 15 is 0 Å². The highest BCUT2D eigenvalue weighted by Crippen LogP contribution is 1.88. The molecule has 0 unspecified atom stereocenters. The maximum Gasteiger partial charge on any atom is 0.401 e. The average molecular weight is 144 g/mol. The second-order valence-corrected chi connectivity index (χ2v) is 1.76. The third kappa shape index (κ3) is 1.13. The fourth-order valence-corrected chi connectivity index (χ4v) is 0.617. The summed E-state index contributed by atoms with van der Waals surface area (Å²) in [7, 11) is 0. The Hall–Kier alpha value is -1.38. The summed E-state index contributed by atoms with van der Waals surface area (Å²) >= 11 is 0. The Bertz CT molecular complexity index is 335. The molecule has 1 aromatic rings. The summed E-state index contributed by atoms with van der Waals surface area (Å²) < 4.78 is 21.9. The minimum absolute atomic E-state index is 0.248. The van der Waals surface area contributed by atoms with Crippen LogP contribution in [0, 0.1) is 0 Å².